The van der Waals surface area contributed by atoms with Gasteiger partial charge in [0.15, 0.2) is 0 Å². The Balaban J connectivity index is 1.84. The monoisotopic (exact) mass is 342 g/mol. The molecule has 0 bridgehead atoms. The number of hydrogen-bond acceptors (Lipinski definition) is 4. The Morgan fingerprint density at radius 3 is 2.75 bits per heavy atom. The van der Waals surface area contributed by atoms with Gasteiger partial charge in [0.25, 0.3) is 0 Å². The molecule has 2 aromatic rings. The van der Waals surface area contributed by atoms with Gasteiger partial charge in [-0.3, -0.25) is 4.79 Å². The molecule has 0 fully saturated rings. The Bertz CT molecular complexity index is 743. The predicted octanol–water partition coefficient (Wildman–Crippen LogP) is 2.52. The van der Waals surface area contributed by atoms with E-state index in [2.05, 4.69) is 10.3 Å². The fraction of sp³-hybridized carbons (Fsp3) is 0.286. The number of carbonyl (C=O) groups is 1. The summed E-state index contributed by atoms with van der Waals surface area (Å²) in [6.45, 7) is 0.141. The first-order valence-electron chi connectivity index (χ1n) is 6.84. The SMILES string of the molecule is O=C(CCn1cnc([N+](=O)[O-])c1)NCc1cccc(C(F)(F)F)c1. The molecule has 10 heteroatoms. The lowest BCUT2D eigenvalue weighted by atomic mass is 10.1. The molecule has 1 N–H and O–H groups in total. The van der Waals surface area contributed by atoms with Crippen LogP contribution in [-0.4, -0.2) is 20.4 Å². The summed E-state index contributed by atoms with van der Waals surface area (Å²) < 4.78 is 39.2. The van der Waals surface area contributed by atoms with E-state index in [0.29, 0.717) is 5.56 Å². The number of nitrogens with zero attached hydrogens (tertiary/aromatic N) is 3. The van der Waals surface area contributed by atoms with Gasteiger partial charge in [-0.05, 0) is 27.6 Å². The Hall–Kier alpha value is -2.91. The zero-order chi connectivity index (χ0) is 17.7. The maximum atomic E-state index is 12.6. The number of nitro groups is 1. The second kappa shape index (κ2) is 7.11. The molecule has 0 aliphatic carbocycles. The number of aromatic nitrogens is 2. The number of hydrogen-bond donors (Lipinski definition) is 1. The van der Waals surface area contributed by atoms with Crippen molar-refractivity contribution in [1.82, 2.24) is 14.9 Å². The van der Waals surface area contributed by atoms with Crippen LogP contribution in [0.25, 0.3) is 0 Å². The third-order valence-corrected chi connectivity index (χ3v) is 3.15. The quantitative estimate of drug-likeness (QED) is 0.645. The van der Waals surface area contributed by atoms with Gasteiger partial charge in [0, 0.05) is 19.5 Å². The first-order chi connectivity index (χ1) is 11.3. The largest absolute Gasteiger partial charge is 0.416 e. The number of carbonyl (C=O) groups excluding carboxylic acids is 1. The molecule has 0 saturated heterocycles. The summed E-state index contributed by atoms with van der Waals surface area (Å²) in [5, 5.41) is 13.0. The second-order valence-electron chi connectivity index (χ2n) is 4.95. The normalized spacial score (nSPS) is 11.3. The standard InChI is InChI=1S/C14H13F3N4O3/c15-14(16,17)11-3-1-2-10(6-11)7-18-13(22)4-5-20-8-12(19-9-20)21(23)24/h1-3,6,8-9H,4-5,7H2,(H,18,22). The van der Waals surface area contributed by atoms with E-state index in [-0.39, 0.29) is 31.2 Å². The molecule has 0 aliphatic heterocycles. The van der Waals surface area contributed by atoms with Crippen molar-refractivity contribution in [1.29, 1.82) is 0 Å². The average Bonchev–Trinajstić information content (AvgIpc) is 2.99. The average molecular weight is 342 g/mol. The lowest BCUT2D eigenvalue weighted by molar-refractivity contribution is -0.389. The molecule has 7 nitrogen and oxygen atoms in total. The Morgan fingerprint density at radius 2 is 2.12 bits per heavy atom. The van der Waals surface area contributed by atoms with Crippen LogP contribution in [0.3, 0.4) is 0 Å². The van der Waals surface area contributed by atoms with E-state index in [9.17, 15) is 28.1 Å². The van der Waals surface area contributed by atoms with E-state index >= 15 is 0 Å². The molecule has 0 unspecified atom stereocenters. The highest BCUT2D eigenvalue weighted by Crippen LogP contribution is 2.29. The van der Waals surface area contributed by atoms with Gasteiger partial charge in [-0.15, -0.1) is 0 Å². The summed E-state index contributed by atoms with van der Waals surface area (Å²) in [6, 6.07) is 4.68. The third kappa shape index (κ3) is 4.80. The molecule has 1 aromatic carbocycles. The summed E-state index contributed by atoms with van der Waals surface area (Å²) in [5.41, 5.74) is -0.448. The van der Waals surface area contributed by atoms with E-state index in [4.69, 9.17) is 0 Å². The summed E-state index contributed by atoms with van der Waals surface area (Å²) in [5.74, 6) is -0.705. The molecule has 128 valence electrons. The van der Waals surface area contributed by atoms with Gasteiger partial charge in [-0.2, -0.15) is 13.2 Å². The third-order valence-electron chi connectivity index (χ3n) is 3.15. The molecular weight excluding hydrogens is 329 g/mol. The van der Waals surface area contributed by atoms with E-state index < -0.39 is 16.7 Å². The smallest absolute Gasteiger partial charge is 0.358 e. The maximum absolute atomic E-state index is 12.6. The lowest BCUT2D eigenvalue weighted by Crippen LogP contribution is -2.24. The number of halogens is 3. The minimum atomic E-state index is -4.43. The molecule has 24 heavy (non-hydrogen) atoms. The van der Waals surface area contributed by atoms with Gasteiger partial charge in [0.2, 0.25) is 12.2 Å². The number of amides is 1. The Kier molecular flexibility index (Phi) is 5.17. The Morgan fingerprint density at radius 1 is 1.38 bits per heavy atom. The number of alkyl halides is 3. The van der Waals surface area contributed by atoms with Crippen molar-refractivity contribution in [3.05, 3.63) is 58.0 Å². The van der Waals surface area contributed by atoms with Crippen molar-refractivity contribution >= 4 is 11.7 Å². The van der Waals surface area contributed by atoms with E-state index in [1.54, 1.807) is 0 Å². The second-order valence-corrected chi connectivity index (χ2v) is 4.95. The van der Waals surface area contributed by atoms with E-state index in [1.165, 1.54) is 29.2 Å². The van der Waals surface area contributed by atoms with Crippen LogP contribution >= 0.6 is 0 Å². The van der Waals surface area contributed by atoms with Crippen LogP contribution in [0.1, 0.15) is 17.5 Å². The summed E-state index contributed by atoms with van der Waals surface area (Å²) in [6.07, 6.45) is -1.99. The van der Waals surface area contributed by atoms with E-state index in [0.717, 1.165) is 12.1 Å². The maximum Gasteiger partial charge on any atom is 0.416 e. The molecule has 0 spiro atoms. The molecule has 1 amide bonds. The van der Waals surface area contributed by atoms with Crippen molar-refractivity contribution in [2.75, 3.05) is 0 Å². The topological polar surface area (TPSA) is 90.1 Å². The van der Waals surface area contributed by atoms with Crippen molar-refractivity contribution in [3.63, 3.8) is 0 Å². The van der Waals surface area contributed by atoms with Crippen LogP contribution in [0, 0.1) is 10.1 Å². The van der Waals surface area contributed by atoms with Crippen LogP contribution in [-0.2, 0) is 24.1 Å². The number of rotatable bonds is 6. The van der Waals surface area contributed by atoms with Gasteiger partial charge in [0.05, 0.1) is 5.56 Å². The fourth-order valence-electron chi connectivity index (χ4n) is 1.94. The summed E-state index contributed by atoms with van der Waals surface area (Å²) >= 11 is 0. The number of nitrogens with one attached hydrogen (secondary N) is 1. The van der Waals surface area contributed by atoms with Gasteiger partial charge in [0.1, 0.15) is 6.20 Å². The van der Waals surface area contributed by atoms with Crippen molar-refractivity contribution < 1.29 is 22.9 Å². The number of aryl methyl sites for hydroxylation is 1. The molecule has 1 aromatic heterocycles. The minimum Gasteiger partial charge on any atom is -0.358 e. The van der Waals surface area contributed by atoms with Gasteiger partial charge in [-0.25, -0.2) is 0 Å². The van der Waals surface area contributed by atoms with Crippen molar-refractivity contribution in [2.45, 2.75) is 25.7 Å². The summed E-state index contributed by atoms with van der Waals surface area (Å²) in [4.78, 5) is 25.1. The minimum absolute atomic E-state index is 0.0203. The van der Waals surface area contributed by atoms with Gasteiger partial charge in [-0.1, -0.05) is 12.1 Å². The van der Waals surface area contributed by atoms with E-state index in [1.807, 2.05) is 0 Å². The van der Waals surface area contributed by atoms with Crippen LogP contribution in [0.5, 0.6) is 0 Å². The molecule has 0 atom stereocenters. The molecule has 0 saturated carbocycles. The molecule has 1 heterocycles. The summed E-state index contributed by atoms with van der Waals surface area (Å²) in [7, 11) is 0. The molecular formula is C14H13F3N4O3. The van der Waals surface area contributed by atoms with Gasteiger partial charge >= 0.3 is 12.0 Å². The number of benzene rings is 1. The Labute approximate surface area is 134 Å². The van der Waals surface area contributed by atoms with Crippen LogP contribution in [0.2, 0.25) is 0 Å². The highest BCUT2D eigenvalue weighted by Gasteiger charge is 2.30. The lowest BCUT2D eigenvalue weighted by Gasteiger charge is -2.09. The van der Waals surface area contributed by atoms with Gasteiger partial charge < -0.3 is 20.0 Å². The van der Waals surface area contributed by atoms with Crippen LogP contribution in [0.15, 0.2) is 36.8 Å². The highest BCUT2D eigenvalue weighted by molar-refractivity contribution is 5.75. The fourth-order valence-corrected chi connectivity index (χ4v) is 1.94. The van der Waals surface area contributed by atoms with Crippen LogP contribution in [0.4, 0.5) is 19.0 Å². The predicted molar refractivity (Wildman–Crippen MR) is 76.8 cm³/mol. The number of imidazole rings is 1. The first kappa shape index (κ1) is 17.4. The zero-order valence-corrected chi connectivity index (χ0v) is 12.3. The molecule has 0 radical (unpaired) electrons. The van der Waals surface area contributed by atoms with Crippen molar-refractivity contribution in [2.24, 2.45) is 0 Å². The molecule has 0 aliphatic rings. The highest BCUT2D eigenvalue weighted by atomic mass is 19.4. The zero-order valence-electron chi connectivity index (χ0n) is 12.3. The first-order valence-corrected chi connectivity index (χ1v) is 6.84. The van der Waals surface area contributed by atoms with Crippen LogP contribution < -0.4 is 5.32 Å². The van der Waals surface area contributed by atoms with Crippen molar-refractivity contribution in [3.8, 4) is 0 Å². The molecule has 2 rings (SSSR count).